The monoisotopic (exact) mass is 374 g/mol. The lowest BCUT2D eigenvalue weighted by Gasteiger charge is -2.38. The van der Waals surface area contributed by atoms with Crippen LogP contribution >= 0.6 is 11.6 Å². The van der Waals surface area contributed by atoms with Gasteiger partial charge in [-0.3, -0.25) is 4.90 Å². The largest absolute Gasteiger partial charge is 0.304 e. The Kier molecular flexibility index (Phi) is 5.52. The Balaban J connectivity index is 1.72. The average molecular weight is 375 g/mol. The maximum absolute atomic E-state index is 6.61. The van der Waals surface area contributed by atoms with Crippen molar-refractivity contribution in [3.05, 3.63) is 40.7 Å². The molecular weight excluding hydrogens is 348 g/mol. The number of halogens is 1. The Morgan fingerprint density at radius 1 is 1.04 bits per heavy atom. The Morgan fingerprint density at radius 2 is 1.77 bits per heavy atom. The van der Waals surface area contributed by atoms with E-state index in [1.54, 1.807) is 0 Å². The first-order valence-electron chi connectivity index (χ1n) is 9.69. The lowest BCUT2D eigenvalue weighted by molar-refractivity contribution is 0.119. The minimum atomic E-state index is 0.00864. The van der Waals surface area contributed by atoms with Crippen LogP contribution in [0.4, 0.5) is 0 Å². The summed E-state index contributed by atoms with van der Waals surface area (Å²) < 4.78 is 2.09. The number of tetrazole rings is 1. The molecule has 1 saturated carbocycles. The third kappa shape index (κ3) is 3.63. The van der Waals surface area contributed by atoms with Gasteiger partial charge in [0.2, 0.25) is 0 Å². The molecule has 2 aliphatic rings. The van der Waals surface area contributed by atoms with E-state index < -0.39 is 0 Å². The normalized spacial score (nSPS) is 21.8. The van der Waals surface area contributed by atoms with E-state index in [4.69, 9.17) is 11.6 Å². The number of nitrogens with zero attached hydrogens (tertiary/aromatic N) is 6. The molecule has 1 saturated heterocycles. The van der Waals surface area contributed by atoms with Gasteiger partial charge in [-0.15, -0.1) is 5.10 Å². The number of rotatable bonds is 4. The van der Waals surface area contributed by atoms with Gasteiger partial charge < -0.3 is 4.90 Å². The second-order valence-corrected chi connectivity index (χ2v) is 7.94. The van der Waals surface area contributed by atoms with Crippen molar-refractivity contribution in [2.75, 3.05) is 33.2 Å². The van der Waals surface area contributed by atoms with Gasteiger partial charge in [0.05, 0.1) is 12.1 Å². The first-order chi connectivity index (χ1) is 12.7. The van der Waals surface area contributed by atoms with Crippen molar-refractivity contribution >= 4 is 11.6 Å². The first-order valence-corrected chi connectivity index (χ1v) is 10.1. The summed E-state index contributed by atoms with van der Waals surface area (Å²) in [5.74, 6) is 0.939. The SMILES string of the molecule is CN1CCN(C(c2ccccc2Cl)c2nnnn2C2CCCCC2)CC1. The Bertz CT molecular complexity index is 718. The summed E-state index contributed by atoms with van der Waals surface area (Å²) in [6, 6.07) is 8.54. The van der Waals surface area contributed by atoms with E-state index in [9.17, 15) is 0 Å². The second kappa shape index (κ2) is 8.03. The molecule has 0 N–H and O–H groups in total. The topological polar surface area (TPSA) is 50.1 Å². The highest BCUT2D eigenvalue weighted by Gasteiger charge is 2.33. The summed E-state index contributed by atoms with van der Waals surface area (Å²) in [7, 11) is 2.17. The van der Waals surface area contributed by atoms with Crippen LogP contribution in [0.25, 0.3) is 0 Å². The van der Waals surface area contributed by atoms with Crippen molar-refractivity contribution in [3.63, 3.8) is 0 Å². The molecule has 0 bridgehead atoms. The molecule has 1 aromatic carbocycles. The number of benzene rings is 1. The quantitative estimate of drug-likeness (QED) is 0.822. The minimum Gasteiger partial charge on any atom is -0.304 e. The zero-order valence-corrected chi connectivity index (χ0v) is 16.1. The van der Waals surface area contributed by atoms with E-state index in [1.165, 1.54) is 19.3 Å². The lowest BCUT2D eigenvalue weighted by atomic mass is 9.95. The molecule has 1 aliphatic carbocycles. The summed E-state index contributed by atoms with van der Waals surface area (Å²) in [5, 5.41) is 13.7. The molecule has 7 heteroatoms. The fourth-order valence-electron chi connectivity index (χ4n) is 4.24. The van der Waals surface area contributed by atoms with Crippen molar-refractivity contribution in [1.29, 1.82) is 0 Å². The van der Waals surface area contributed by atoms with Crippen LogP contribution in [0.1, 0.15) is 55.6 Å². The molecular formula is C19H27ClN6. The second-order valence-electron chi connectivity index (χ2n) is 7.54. The molecule has 6 nitrogen and oxygen atoms in total. The van der Waals surface area contributed by atoms with Gasteiger partial charge in [-0.2, -0.15) is 0 Å². The molecule has 1 atom stereocenters. The van der Waals surface area contributed by atoms with Crippen molar-refractivity contribution in [2.45, 2.75) is 44.2 Å². The number of hydrogen-bond donors (Lipinski definition) is 0. The van der Waals surface area contributed by atoms with Gasteiger partial charge in [0.15, 0.2) is 5.82 Å². The van der Waals surface area contributed by atoms with E-state index in [-0.39, 0.29) is 6.04 Å². The van der Waals surface area contributed by atoms with Crippen LogP contribution in [-0.4, -0.2) is 63.2 Å². The Labute approximate surface area is 160 Å². The van der Waals surface area contributed by atoms with Gasteiger partial charge in [0, 0.05) is 31.2 Å². The highest BCUT2D eigenvalue weighted by molar-refractivity contribution is 6.31. The molecule has 0 spiro atoms. The fraction of sp³-hybridized carbons (Fsp3) is 0.632. The van der Waals surface area contributed by atoms with Crippen LogP contribution < -0.4 is 0 Å². The molecule has 2 fully saturated rings. The fourth-order valence-corrected chi connectivity index (χ4v) is 4.48. The van der Waals surface area contributed by atoms with Crippen LogP contribution in [0.3, 0.4) is 0 Å². The number of likely N-dealkylation sites (N-methyl/N-ethyl adjacent to an activating group) is 1. The summed E-state index contributed by atoms with van der Waals surface area (Å²) in [4.78, 5) is 4.84. The summed E-state index contributed by atoms with van der Waals surface area (Å²) in [6.07, 6.45) is 6.16. The Hall–Kier alpha value is -1.50. The number of piperazine rings is 1. The van der Waals surface area contributed by atoms with Crippen molar-refractivity contribution in [3.8, 4) is 0 Å². The smallest absolute Gasteiger partial charge is 0.173 e. The summed E-state index contributed by atoms with van der Waals surface area (Å²) in [6.45, 7) is 4.08. The third-order valence-corrected chi connectivity index (χ3v) is 6.13. The van der Waals surface area contributed by atoms with Gasteiger partial charge >= 0.3 is 0 Å². The van der Waals surface area contributed by atoms with Gasteiger partial charge in [-0.25, -0.2) is 4.68 Å². The van der Waals surface area contributed by atoms with Crippen molar-refractivity contribution in [2.24, 2.45) is 0 Å². The van der Waals surface area contributed by atoms with E-state index >= 15 is 0 Å². The molecule has 2 heterocycles. The lowest BCUT2D eigenvalue weighted by Crippen LogP contribution is -2.47. The predicted octanol–water partition coefficient (Wildman–Crippen LogP) is 3.17. The maximum Gasteiger partial charge on any atom is 0.173 e. The van der Waals surface area contributed by atoms with Crippen molar-refractivity contribution in [1.82, 2.24) is 30.0 Å². The molecule has 140 valence electrons. The van der Waals surface area contributed by atoms with Gasteiger partial charge in [0.1, 0.15) is 0 Å². The zero-order chi connectivity index (χ0) is 17.9. The molecule has 1 unspecified atom stereocenters. The molecule has 0 amide bonds. The van der Waals surface area contributed by atoms with E-state index in [0.717, 1.165) is 55.4 Å². The molecule has 4 rings (SSSR count). The van der Waals surface area contributed by atoms with Gasteiger partial charge in [0.25, 0.3) is 0 Å². The van der Waals surface area contributed by atoms with E-state index in [1.807, 2.05) is 12.1 Å². The predicted molar refractivity (Wildman–Crippen MR) is 102 cm³/mol. The average Bonchev–Trinajstić information content (AvgIpc) is 3.15. The van der Waals surface area contributed by atoms with Gasteiger partial charge in [-0.1, -0.05) is 49.1 Å². The van der Waals surface area contributed by atoms with Crippen LogP contribution in [-0.2, 0) is 0 Å². The third-order valence-electron chi connectivity index (χ3n) is 5.79. The number of hydrogen-bond acceptors (Lipinski definition) is 5. The highest BCUT2D eigenvalue weighted by atomic mass is 35.5. The van der Waals surface area contributed by atoms with Gasteiger partial charge in [-0.05, 0) is 41.9 Å². The highest BCUT2D eigenvalue weighted by Crippen LogP contribution is 2.36. The molecule has 1 aromatic heterocycles. The molecule has 26 heavy (non-hydrogen) atoms. The van der Waals surface area contributed by atoms with Crippen LogP contribution in [0, 0.1) is 0 Å². The minimum absolute atomic E-state index is 0.00864. The standard InChI is InChI=1S/C19H27ClN6/c1-24-11-13-25(14-12-24)18(16-9-5-6-10-17(16)20)19-21-22-23-26(19)15-7-3-2-4-8-15/h5-6,9-10,15,18H,2-4,7-8,11-14H2,1H3. The van der Waals surface area contributed by atoms with Crippen molar-refractivity contribution < 1.29 is 0 Å². The molecule has 2 aromatic rings. The van der Waals surface area contributed by atoms with Crippen LogP contribution in [0.5, 0.6) is 0 Å². The molecule has 1 aliphatic heterocycles. The summed E-state index contributed by atoms with van der Waals surface area (Å²) in [5.41, 5.74) is 1.10. The van der Waals surface area contributed by atoms with Crippen LogP contribution in [0.15, 0.2) is 24.3 Å². The number of aromatic nitrogens is 4. The van der Waals surface area contributed by atoms with E-state index in [2.05, 4.69) is 49.2 Å². The van der Waals surface area contributed by atoms with Crippen LogP contribution in [0.2, 0.25) is 5.02 Å². The molecule has 0 radical (unpaired) electrons. The van der Waals surface area contributed by atoms with E-state index in [0.29, 0.717) is 6.04 Å². The summed E-state index contributed by atoms with van der Waals surface area (Å²) >= 11 is 6.61. The first kappa shape index (κ1) is 17.9. The maximum atomic E-state index is 6.61. The zero-order valence-electron chi connectivity index (χ0n) is 15.4. The Morgan fingerprint density at radius 3 is 2.50 bits per heavy atom.